The van der Waals surface area contributed by atoms with Gasteiger partial charge in [-0.2, -0.15) is 0 Å². The van der Waals surface area contributed by atoms with Crippen LogP contribution >= 0.6 is 12.4 Å². The fourth-order valence-corrected chi connectivity index (χ4v) is 5.28. The van der Waals surface area contributed by atoms with Crippen LogP contribution in [0.4, 0.5) is 5.69 Å². The molecular weight excluding hydrogens is 412 g/mol. The lowest BCUT2D eigenvalue weighted by atomic mass is 9.86. The number of fused-ring (bicyclic) bond motifs is 4. The lowest BCUT2D eigenvalue weighted by molar-refractivity contribution is -0.00741. The van der Waals surface area contributed by atoms with Crippen LogP contribution in [0.1, 0.15) is 12.8 Å². The number of nitrogens with one attached hydrogen (secondary N) is 1. The van der Waals surface area contributed by atoms with Gasteiger partial charge < -0.3 is 9.15 Å². The van der Waals surface area contributed by atoms with Crippen molar-refractivity contribution in [1.29, 1.82) is 0 Å². The zero-order valence-corrected chi connectivity index (χ0v) is 17.4. The predicted molar refractivity (Wildman–Crippen MR) is 114 cm³/mol. The zero-order chi connectivity index (χ0) is 19.1. The van der Waals surface area contributed by atoms with Crippen molar-refractivity contribution in [3.05, 3.63) is 54.8 Å². The summed E-state index contributed by atoms with van der Waals surface area (Å²) in [6.07, 6.45) is 4.00. The van der Waals surface area contributed by atoms with E-state index in [4.69, 9.17) is 9.15 Å². The highest BCUT2D eigenvalue weighted by Gasteiger charge is 2.36. The number of hydrogen-bond acceptors (Lipinski definition) is 5. The number of ether oxygens (including phenoxy) is 1. The van der Waals surface area contributed by atoms with Gasteiger partial charge in [-0.15, -0.1) is 12.4 Å². The largest absolute Gasteiger partial charge is 0.485 e. The summed E-state index contributed by atoms with van der Waals surface area (Å²) >= 11 is 0. The minimum Gasteiger partial charge on any atom is -0.485 e. The third-order valence-electron chi connectivity index (χ3n) is 5.70. The summed E-state index contributed by atoms with van der Waals surface area (Å²) in [7, 11) is -3.67. The van der Waals surface area contributed by atoms with Crippen LogP contribution in [0.5, 0.6) is 5.75 Å². The Balaban J connectivity index is 0.00000205. The van der Waals surface area contributed by atoms with Gasteiger partial charge in [0.15, 0.2) is 11.3 Å². The molecule has 3 aliphatic rings. The number of sulfonamides is 1. The van der Waals surface area contributed by atoms with Crippen LogP contribution in [0.15, 0.2) is 64.1 Å². The molecular formula is C21H23ClN2O4S. The van der Waals surface area contributed by atoms with Gasteiger partial charge >= 0.3 is 0 Å². The first-order chi connectivity index (χ1) is 13.6. The molecule has 0 saturated carbocycles. The maximum atomic E-state index is 12.7. The van der Waals surface area contributed by atoms with E-state index in [1.807, 2.05) is 6.07 Å². The van der Waals surface area contributed by atoms with Gasteiger partial charge in [0.05, 0.1) is 16.8 Å². The molecule has 3 saturated heterocycles. The van der Waals surface area contributed by atoms with Crippen molar-refractivity contribution >= 4 is 39.1 Å². The van der Waals surface area contributed by atoms with Crippen LogP contribution in [0.2, 0.25) is 0 Å². The van der Waals surface area contributed by atoms with Crippen LogP contribution < -0.4 is 9.46 Å². The van der Waals surface area contributed by atoms with Crippen molar-refractivity contribution in [1.82, 2.24) is 4.90 Å². The SMILES string of the molecule is Cl.O=S(=O)(Nc1cc(OC2CN3CCC2CC3)c2occc2c1)c1ccccc1. The standard InChI is InChI=1S/C21H22N2O4S.ClH/c24-28(25,18-4-2-1-3-5-18)22-17-12-16-8-11-26-21(16)19(13-17)27-20-14-23-9-6-15(20)7-10-23;/h1-5,8,11-13,15,20,22H,6-7,9-10,14H2;1H. The van der Waals surface area contributed by atoms with E-state index in [1.54, 1.807) is 48.7 Å². The molecule has 3 aromatic rings. The van der Waals surface area contributed by atoms with Crippen LogP contribution in [0.3, 0.4) is 0 Å². The van der Waals surface area contributed by atoms with E-state index < -0.39 is 10.0 Å². The van der Waals surface area contributed by atoms with Crippen molar-refractivity contribution in [3.8, 4) is 5.75 Å². The molecule has 4 heterocycles. The van der Waals surface area contributed by atoms with Gasteiger partial charge in [-0.05, 0) is 56.1 Å². The summed E-state index contributed by atoms with van der Waals surface area (Å²) in [6, 6.07) is 13.7. The van der Waals surface area contributed by atoms with Crippen LogP contribution in [-0.2, 0) is 10.0 Å². The van der Waals surface area contributed by atoms with Crippen molar-refractivity contribution in [2.24, 2.45) is 5.92 Å². The molecule has 8 heteroatoms. The van der Waals surface area contributed by atoms with Crippen LogP contribution in [0.25, 0.3) is 11.0 Å². The number of nitrogens with zero attached hydrogens (tertiary/aromatic N) is 1. The molecule has 6 nitrogen and oxygen atoms in total. The van der Waals surface area contributed by atoms with Crippen molar-refractivity contribution < 1.29 is 17.6 Å². The lowest BCUT2D eigenvalue weighted by Gasteiger charge is -2.44. The Hall–Kier alpha value is -2.22. The number of furan rings is 1. The Labute approximate surface area is 176 Å². The van der Waals surface area contributed by atoms with Gasteiger partial charge in [-0.25, -0.2) is 8.42 Å². The van der Waals surface area contributed by atoms with E-state index in [-0.39, 0.29) is 23.4 Å². The van der Waals surface area contributed by atoms with Gasteiger partial charge in [-0.3, -0.25) is 9.62 Å². The Morgan fingerprint density at radius 2 is 1.83 bits per heavy atom. The Morgan fingerprint density at radius 1 is 1.07 bits per heavy atom. The number of benzene rings is 2. The normalized spacial score (nSPS) is 23.5. The zero-order valence-electron chi connectivity index (χ0n) is 15.8. The van der Waals surface area contributed by atoms with Crippen LogP contribution in [-0.4, -0.2) is 39.1 Å². The highest BCUT2D eigenvalue weighted by molar-refractivity contribution is 7.92. The van der Waals surface area contributed by atoms with E-state index in [0.29, 0.717) is 22.9 Å². The molecule has 3 aliphatic heterocycles. The van der Waals surface area contributed by atoms with E-state index in [9.17, 15) is 8.42 Å². The number of halogens is 1. The quantitative estimate of drug-likeness (QED) is 0.653. The highest BCUT2D eigenvalue weighted by Crippen LogP contribution is 2.36. The fraction of sp³-hybridized carbons (Fsp3) is 0.333. The lowest BCUT2D eigenvalue weighted by Crippen LogP contribution is -2.52. The maximum Gasteiger partial charge on any atom is 0.261 e. The fourth-order valence-electron chi connectivity index (χ4n) is 4.22. The van der Waals surface area contributed by atoms with Crippen molar-refractivity contribution in [2.75, 3.05) is 24.4 Å². The third kappa shape index (κ3) is 3.95. The van der Waals surface area contributed by atoms with Gasteiger partial charge in [0.1, 0.15) is 6.10 Å². The number of rotatable bonds is 5. The average Bonchev–Trinajstić information content (AvgIpc) is 3.18. The van der Waals surface area contributed by atoms with E-state index in [1.165, 1.54) is 0 Å². The van der Waals surface area contributed by atoms with Gasteiger partial charge in [-0.1, -0.05) is 18.2 Å². The van der Waals surface area contributed by atoms with E-state index in [0.717, 1.165) is 37.9 Å². The minimum atomic E-state index is -3.67. The maximum absolute atomic E-state index is 12.7. The molecule has 2 aromatic carbocycles. The first-order valence-corrected chi connectivity index (χ1v) is 11.0. The second kappa shape index (κ2) is 7.89. The number of hydrogen-bond donors (Lipinski definition) is 1. The summed E-state index contributed by atoms with van der Waals surface area (Å²) < 4.78 is 40.0. The summed E-state index contributed by atoms with van der Waals surface area (Å²) in [5, 5.41) is 0.810. The third-order valence-corrected chi connectivity index (χ3v) is 7.09. The topological polar surface area (TPSA) is 71.8 Å². The molecule has 0 radical (unpaired) electrons. The predicted octanol–water partition coefficient (Wildman–Crippen LogP) is 4.13. The smallest absolute Gasteiger partial charge is 0.261 e. The molecule has 29 heavy (non-hydrogen) atoms. The van der Waals surface area contributed by atoms with Crippen molar-refractivity contribution in [3.63, 3.8) is 0 Å². The molecule has 0 aliphatic carbocycles. The number of piperidine rings is 3. The molecule has 1 unspecified atom stereocenters. The molecule has 6 rings (SSSR count). The van der Waals surface area contributed by atoms with Gasteiger partial charge in [0.25, 0.3) is 10.0 Å². The summed E-state index contributed by atoms with van der Waals surface area (Å²) in [6.45, 7) is 3.18. The molecule has 0 amide bonds. The Kier molecular flexibility index (Phi) is 5.46. The second-order valence-corrected chi connectivity index (χ2v) is 9.21. The molecule has 0 spiro atoms. The minimum absolute atomic E-state index is 0. The monoisotopic (exact) mass is 434 g/mol. The summed E-state index contributed by atoms with van der Waals surface area (Å²) in [4.78, 5) is 2.65. The van der Waals surface area contributed by atoms with Crippen molar-refractivity contribution in [2.45, 2.75) is 23.8 Å². The average molecular weight is 435 g/mol. The molecule has 1 atom stereocenters. The molecule has 1 N–H and O–H groups in total. The Bertz CT molecular complexity index is 1090. The van der Waals surface area contributed by atoms with Gasteiger partial charge in [0, 0.05) is 18.0 Å². The van der Waals surface area contributed by atoms with Gasteiger partial charge in [0.2, 0.25) is 0 Å². The Morgan fingerprint density at radius 3 is 2.52 bits per heavy atom. The second-order valence-electron chi connectivity index (χ2n) is 7.53. The summed E-state index contributed by atoms with van der Waals surface area (Å²) in [5.41, 5.74) is 1.12. The first-order valence-electron chi connectivity index (χ1n) is 9.57. The van der Waals surface area contributed by atoms with Crippen LogP contribution in [0, 0.1) is 5.92 Å². The van der Waals surface area contributed by atoms with E-state index >= 15 is 0 Å². The molecule has 2 bridgehead atoms. The highest BCUT2D eigenvalue weighted by atomic mass is 35.5. The molecule has 154 valence electrons. The summed E-state index contributed by atoms with van der Waals surface area (Å²) in [5.74, 6) is 1.13. The molecule has 3 fully saturated rings. The van der Waals surface area contributed by atoms with E-state index in [2.05, 4.69) is 9.62 Å². The number of anilines is 1. The molecule has 1 aromatic heterocycles. The first kappa shape index (κ1) is 20.1.